The van der Waals surface area contributed by atoms with Crippen molar-refractivity contribution < 1.29 is 14.4 Å². The molecule has 2 N–H and O–H groups in total. The largest absolute Gasteiger partial charge is 0.359 e. The van der Waals surface area contributed by atoms with Crippen LogP contribution in [0.2, 0.25) is 0 Å². The predicted octanol–water partition coefficient (Wildman–Crippen LogP) is -0.230. The van der Waals surface area contributed by atoms with Crippen molar-refractivity contribution in [1.82, 2.24) is 15.4 Å². The van der Waals surface area contributed by atoms with Gasteiger partial charge in [0.15, 0.2) is 13.8 Å². The Morgan fingerprint density at radius 1 is 1.36 bits per heavy atom. The van der Waals surface area contributed by atoms with Crippen LogP contribution in [0.15, 0.2) is 0 Å². The van der Waals surface area contributed by atoms with Crippen LogP contribution in [0.4, 0.5) is 0 Å². The second-order valence-corrected chi connectivity index (χ2v) is 6.61. The van der Waals surface area contributed by atoms with Crippen LogP contribution < -0.4 is 10.5 Å². The number of ketones is 1. The molecule has 2 rings (SSSR count). The highest BCUT2D eigenvalue weighted by Gasteiger charge is 2.58. The fourth-order valence-corrected chi connectivity index (χ4v) is 3.56. The Labute approximate surface area is 132 Å². The first kappa shape index (κ1) is 17.0. The fraction of sp³-hybridized carbons (Fsp3) is 0.800. The summed E-state index contributed by atoms with van der Waals surface area (Å²) in [6.45, 7) is 6.10. The first-order valence-electron chi connectivity index (χ1n) is 7.91. The van der Waals surface area contributed by atoms with Gasteiger partial charge in [-0.05, 0) is 31.6 Å². The van der Waals surface area contributed by atoms with E-state index in [0.717, 1.165) is 6.42 Å². The van der Waals surface area contributed by atoms with Gasteiger partial charge in [0, 0.05) is 6.54 Å². The number of Topliss-reactive ketones (excluding diaryl/α,β-unsaturated/α-hetero) is 1. The third-order valence-electron chi connectivity index (χ3n) is 4.96. The average molecular weight is 305 g/mol. The van der Waals surface area contributed by atoms with E-state index in [9.17, 15) is 14.4 Å². The molecule has 120 valence electrons. The molecule has 1 saturated heterocycles. The van der Waals surface area contributed by atoms with Crippen molar-refractivity contribution in [3.63, 3.8) is 0 Å². The summed E-state index contributed by atoms with van der Waals surface area (Å²) in [6.07, 6.45) is 2.18. The zero-order valence-corrected chi connectivity index (χ0v) is 13.5. The zero-order valence-electron chi connectivity index (χ0n) is 13.5. The monoisotopic (exact) mass is 305 g/mol. The standard InChI is InChI=1S/C15H24BN3O3/c1-4-11-6-15(11,10(3)20)18-14(22)12-5-9(2)8-19(12)13(21)7-17-16/h9,11-12,17H,4-8H2,1-3H3,(H,18,22)/t9-,11-,12+,15+/m1/s1. The van der Waals surface area contributed by atoms with Gasteiger partial charge in [0.1, 0.15) is 11.6 Å². The average Bonchev–Trinajstić information content (AvgIpc) is 3.03. The van der Waals surface area contributed by atoms with Gasteiger partial charge in [0.2, 0.25) is 11.8 Å². The molecule has 2 aliphatic rings. The van der Waals surface area contributed by atoms with Crippen LogP contribution in [0.25, 0.3) is 0 Å². The molecular weight excluding hydrogens is 281 g/mol. The molecule has 1 aliphatic carbocycles. The fourth-order valence-electron chi connectivity index (χ4n) is 3.56. The molecule has 2 fully saturated rings. The van der Waals surface area contributed by atoms with Gasteiger partial charge in [0.25, 0.3) is 0 Å². The highest BCUT2D eigenvalue weighted by Crippen LogP contribution is 2.46. The molecule has 0 aromatic rings. The minimum absolute atomic E-state index is 0.000229. The molecule has 1 heterocycles. The van der Waals surface area contributed by atoms with Crippen molar-refractivity contribution in [2.24, 2.45) is 11.8 Å². The number of hydrogen-bond donors (Lipinski definition) is 2. The molecule has 1 aliphatic heterocycles. The lowest BCUT2D eigenvalue weighted by Gasteiger charge is -2.26. The molecule has 0 unspecified atom stereocenters. The summed E-state index contributed by atoms with van der Waals surface area (Å²) >= 11 is 0. The van der Waals surface area contributed by atoms with Crippen molar-refractivity contribution >= 4 is 25.6 Å². The molecule has 22 heavy (non-hydrogen) atoms. The first-order valence-corrected chi connectivity index (χ1v) is 7.91. The smallest absolute Gasteiger partial charge is 0.243 e. The van der Waals surface area contributed by atoms with Gasteiger partial charge in [-0.3, -0.25) is 14.4 Å². The molecule has 0 aromatic carbocycles. The molecule has 4 atom stereocenters. The Morgan fingerprint density at radius 3 is 2.55 bits per heavy atom. The lowest BCUT2D eigenvalue weighted by atomic mass is 10.0. The van der Waals surface area contributed by atoms with E-state index < -0.39 is 11.6 Å². The van der Waals surface area contributed by atoms with Crippen LogP contribution in [-0.2, 0) is 14.4 Å². The molecule has 0 bridgehead atoms. The molecule has 0 spiro atoms. The summed E-state index contributed by atoms with van der Waals surface area (Å²) in [6, 6.07) is -0.509. The Bertz CT molecular complexity index is 485. The topological polar surface area (TPSA) is 78.5 Å². The molecule has 1 saturated carbocycles. The number of nitrogens with one attached hydrogen (secondary N) is 2. The molecule has 2 radical (unpaired) electrons. The number of rotatable bonds is 6. The Hall–Kier alpha value is -1.37. The van der Waals surface area contributed by atoms with Gasteiger partial charge < -0.3 is 15.4 Å². The Morgan fingerprint density at radius 2 is 2.05 bits per heavy atom. The summed E-state index contributed by atoms with van der Waals surface area (Å²) in [5.74, 6) is 0.0578. The summed E-state index contributed by atoms with van der Waals surface area (Å²) in [7, 11) is 5.20. The number of likely N-dealkylation sites (tertiary alicyclic amines) is 1. The number of carbonyl (C=O) groups is 3. The van der Waals surface area contributed by atoms with E-state index in [4.69, 9.17) is 7.98 Å². The molecular formula is C15H24BN3O3. The second kappa shape index (κ2) is 6.40. The molecule has 2 amide bonds. The van der Waals surface area contributed by atoms with Gasteiger partial charge in [-0.2, -0.15) is 0 Å². The molecule has 6 nitrogen and oxygen atoms in total. The van der Waals surface area contributed by atoms with E-state index in [1.54, 1.807) is 4.90 Å². The van der Waals surface area contributed by atoms with Gasteiger partial charge in [-0.1, -0.05) is 20.3 Å². The van der Waals surface area contributed by atoms with Crippen LogP contribution in [-0.4, -0.2) is 55.1 Å². The highest BCUT2D eigenvalue weighted by molar-refractivity contribution is 6.06. The minimum atomic E-state index is -0.710. The number of carbonyl (C=O) groups excluding carboxylic acids is 3. The normalized spacial score (nSPS) is 33.6. The lowest BCUT2D eigenvalue weighted by molar-refractivity contribution is -0.138. The third kappa shape index (κ3) is 3.04. The molecule has 0 aromatic heterocycles. The van der Waals surface area contributed by atoms with E-state index in [1.807, 2.05) is 13.8 Å². The maximum absolute atomic E-state index is 12.6. The lowest BCUT2D eigenvalue weighted by Crippen LogP contribution is -2.53. The van der Waals surface area contributed by atoms with E-state index in [2.05, 4.69) is 10.5 Å². The summed E-state index contributed by atoms with van der Waals surface area (Å²) in [5.41, 5.74) is -0.710. The van der Waals surface area contributed by atoms with Crippen molar-refractivity contribution in [2.75, 3.05) is 13.1 Å². The van der Waals surface area contributed by atoms with Crippen molar-refractivity contribution in [3.8, 4) is 0 Å². The van der Waals surface area contributed by atoms with Crippen LogP contribution in [0, 0.1) is 11.8 Å². The van der Waals surface area contributed by atoms with Gasteiger partial charge >= 0.3 is 0 Å². The molecule has 7 heteroatoms. The van der Waals surface area contributed by atoms with Crippen molar-refractivity contribution in [2.45, 2.75) is 51.6 Å². The van der Waals surface area contributed by atoms with Crippen LogP contribution in [0.3, 0.4) is 0 Å². The summed E-state index contributed by atoms with van der Waals surface area (Å²) in [4.78, 5) is 38.2. The first-order chi connectivity index (χ1) is 10.4. The highest BCUT2D eigenvalue weighted by atomic mass is 16.2. The van der Waals surface area contributed by atoms with E-state index in [-0.39, 0.29) is 36.0 Å². The van der Waals surface area contributed by atoms with Gasteiger partial charge in [-0.25, -0.2) is 0 Å². The quantitative estimate of drug-likeness (QED) is 0.665. The second-order valence-electron chi connectivity index (χ2n) is 6.61. The van der Waals surface area contributed by atoms with Gasteiger partial charge in [-0.15, -0.1) is 0 Å². The zero-order chi connectivity index (χ0) is 16.5. The Balaban J connectivity index is 2.07. The van der Waals surface area contributed by atoms with E-state index >= 15 is 0 Å². The van der Waals surface area contributed by atoms with E-state index in [0.29, 0.717) is 19.4 Å². The maximum atomic E-state index is 12.6. The predicted molar refractivity (Wildman–Crippen MR) is 83.0 cm³/mol. The van der Waals surface area contributed by atoms with Gasteiger partial charge in [0.05, 0.1) is 6.54 Å². The Kier molecular flexibility index (Phi) is 4.95. The number of nitrogens with zero attached hydrogens (tertiary/aromatic N) is 1. The van der Waals surface area contributed by atoms with Crippen molar-refractivity contribution in [1.29, 1.82) is 0 Å². The summed E-state index contributed by atoms with van der Waals surface area (Å²) < 4.78 is 0. The maximum Gasteiger partial charge on any atom is 0.243 e. The number of hydrogen-bond acceptors (Lipinski definition) is 4. The van der Waals surface area contributed by atoms with Crippen LogP contribution in [0.5, 0.6) is 0 Å². The van der Waals surface area contributed by atoms with Crippen molar-refractivity contribution in [3.05, 3.63) is 0 Å². The number of amides is 2. The van der Waals surface area contributed by atoms with E-state index in [1.165, 1.54) is 6.92 Å². The summed E-state index contributed by atoms with van der Waals surface area (Å²) in [5, 5.41) is 5.26. The SMILES string of the molecule is [B]NCC(=O)N1C[C@H](C)C[C@H]1C(=O)N[C@]1(C(C)=O)C[C@H]1CC. The third-order valence-corrected chi connectivity index (χ3v) is 4.96. The van der Waals surface area contributed by atoms with Crippen LogP contribution >= 0.6 is 0 Å². The minimum Gasteiger partial charge on any atom is -0.359 e. The van der Waals surface area contributed by atoms with Crippen LogP contribution in [0.1, 0.15) is 40.0 Å².